The lowest BCUT2D eigenvalue weighted by molar-refractivity contribution is -0.140. The lowest BCUT2D eigenvalue weighted by Gasteiger charge is -2.40. The number of likely N-dealkylation sites (tertiary alicyclic amines) is 1. The number of rotatable bonds is 5. The second kappa shape index (κ2) is 7.43. The first-order valence-electron chi connectivity index (χ1n) is 9.62. The van der Waals surface area contributed by atoms with Gasteiger partial charge in [0.05, 0.1) is 7.11 Å². The Kier molecular flexibility index (Phi) is 5.42. The van der Waals surface area contributed by atoms with E-state index in [2.05, 4.69) is 43.1 Å². The highest BCUT2D eigenvalue weighted by molar-refractivity contribution is 5.70. The molecule has 0 spiro atoms. The number of allylic oxidation sites excluding steroid dienone is 1. The quantitative estimate of drug-likeness (QED) is 0.740. The van der Waals surface area contributed by atoms with Gasteiger partial charge >= 0.3 is 5.97 Å². The fraction of sp³-hybridized carbons (Fsp3) is 0.591. The maximum Gasteiger partial charge on any atom is 0.311 e. The van der Waals surface area contributed by atoms with E-state index in [-0.39, 0.29) is 17.4 Å². The van der Waals surface area contributed by atoms with Crippen LogP contribution < -0.4 is 4.74 Å². The van der Waals surface area contributed by atoms with Crippen LogP contribution in [0.2, 0.25) is 0 Å². The summed E-state index contributed by atoms with van der Waals surface area (Å²) < 4.78 is 11.1. The van der Waals surface area contributed by atoms with Gasteiger partial charge in [-0.2, -0.15) is 0 Å². The number of fused-ring (bicyclic) bond motifs is 1. The number of nitrogens with zero attached hydrogens (tertiary/aromatic N) is 1. The highest BCUT2D eigenvalue weighted by Crippen LogP contribution is 2.48. The standard InChI is InChI=1S/C22H31NO3/c1-15(2)12-21(24)26-18-8-9-22(10-11-23(4)20(22)14-18)17-6-7-19(25-5)16(3)13-17/h6-7,13-15,20H,8-12H2,1-5H3. The van der Waals surface area contributed by atoms with Crippen molar-refractivity contribution in [3.8, 4) is 5.75 Å². The Hall–Kier alpha value is -1.81. The van der Waals surface area contributed by atoms with Gasteiger partial charge in [-0.05, 0) is 62.5 Å². The Labute approximate surface area is 157 Å². The first-order valence-corrected chi connectivity index (χ1v) is 9.62. The Morgan fingerprint density at radius 1 is 1.35 bits per heavy atom. The minimum atomic E-state index is -0.111. The van der Waals surface area contributed by atoms with Gasteiger partial charge in [-0.1, -0.05) is 26.0 Å². The maximum atomic E-state index is 12.1. The second-order valence-electron chi connectivity index (χ2n) is 8.22. The van der Waals surface area contributed by atoms with Crippen molar-refractivity contribution < 1.29 is 14.3 Å². The second-order valence-corrected chi connectivity index (χ2v) is 8.22. The fourth-order valence-electron chi connectivity index (χ4n) is 4.50. The zero-order chi connectivity index (χ0) is 18.9. The van der Waals surface area contributed by atoms with Crippen LogP contribution in [0.15, 0.2) is 30.0 Å². The molecule has 26 heavy (non-hydrogen) atoms. The van der Waals surface area contributed by atoms with Gasteiger partial charge in [0.1, 0.15) is 11.5 Å². The van der Waals surface area contributed by atoms with Gasteiger partial charge in [0.15, 0.2) is 0 Å². The normalized spacial score (nSPS) is 25.8. The Morgan fingerprint density at radius 3 is 2.77 bits per heavy atom. The molecule has 1 aromatic carbocycles. The molecule has 2 atom stereocenters. The topological polar surface area (TPSA) is 38.8 Å². The van der Waals surface area contributed by atoms with Crippen molar-refractivity contribution in [3.05, 3.63) is 41.2 Å². The Bertz CT molecular complexity index is 709. The zero-order valence-electron chi connectivity index (χ0n) is 16.7. The van der Waals surface area contributed by atoms with Gasteiger partial charge < -0.3 is 9.47 Å². The summed E-state index contributed by atoms with van der Waals surface area (Å²) in [5, 5.41) is 0. The third-order valence-electron chi connectivity index (χ3n) is 5.90. The number of ether oxygens (including phenoxy) is 2. The van der Waals surface area contributed by atoms with Crippen LogP contribution in [-0.4, -0.2) is 37.6 Å². The summed E-state index contributed by atoms with van der Waals surface area (Å²) in [6.45, 7) is 7.24. The molecule has 4 nitrogen and oxygen atoms in total. The summed E-state index contributed by atoms with van der Waals surface area (Å²) in [5.74, 6) is 1.99. The van der Waals surface area contributed by atoms with Gasteiger partial charge in [0, 0.05) is 24.3 Å². The highest BCUT2D eigenvalue weighted by atomic mass is 16.5. The average molecular weight is 357 g/mol. The van der Waals surface area contributed by atoms with Crippen LogP contribution in [0.1, 0.15) is 50.7 Å². The van der Waals surface area contributed by atoms with Crippen molar-refractivity contribution in [3.63, 3.8) is 0 Å². The van der Waals surface area contributed by atoms with Crippen molar-refractivity contribution in [2.45, 2.75) is 57.9 Å². The number of likely N-dealkylation sites (N-methyl/N-ethyl adjacent to an activating group) is 1. The lowest BCUT2D eigenvalue weighted by Crippen LogP contribution is -2.42. The molecule has 0 aromatic heterocycles. The number of hydrogen-bond donors (Lipinski definition) is 0. The fourth-order valence-corrected chi connectivity index (χ4v) is 4.50. The molecule has 1 saturated heterocycles. The number of carbonyl (C=O) groups is 1. The number of benzene rings is 1. The molecular formula is C22H31NO3. The van der Waals surface area contributed by atoms with E-state index in [1.54, 1.807) is 7.11 Å². The summed E-state index contributed by atoms with van der Waals surface area (Å²) in [5.41, 5.74) is 2.64. The van der Waals surface area contributed by atoms with E-state index in [0.717, 1.165) is 37.3 Å². The minimum absolute atomic E-state index is 0.0970. The minimum Gasteiger partial charge on any atom is -0.496 e. The van der Waals surface area contributed by atoms with Crippen LogP contribution in [0.5, 0.6) is 5.75 Å². The predicted molar refractivity (Wildman–Crippen MR) is 103 cm³/mol. The van der Waals surface area contributed by atoms with Gasteiger partial charge in [-0.15, -0.1) is 0 Å². The van der Waals surface area contributed by atoms with Gasteiger partial charge in [-0.3, -0.25) is 9.69 Å². The molecule has 2 unspecified atom stereocenters. The maximum absolute atomic E-state index is 12.1. The van der Waals surface area contributed by atoms with Crippen molar-refractivity contribution in [1.29, 1.82) is 0 Å². The average Bonchev–Trinajstić information content (AvgIpc) is 2.92. The van der Waals surface area contributed by atoms with E-state index >= 15 is 0 Å². The van der Waals surface area contributed by atoms with Gasteiger partial charge in [0.2, 0.25) is 0 Å². The number of methoxy groups -OCH3 is 1. The van der Waals surface area contributed by atoms with E-state index in [1.165, 1.54) is 11.1 Å². The summed E-state index contributed by atoms with van der Waals surface area (Å²) >= 11 is 0. The Morgan fingerprint density at radius 2 is 2.12 bits per heavy atom. The third-order valence-corrected chi connectivity index (χ3v) is 5.90. The van der Waals surface area contributed by atoms with Crippen molar-refractivity contribution >= 4 is 5.97 Å². The Balaban J connectivity index is 1.87. The molecule has 3 rings (SSSR count). The summed E-state index contributed by atoms with van der Waals surface area (Å²) in [6.07, 6.45) is 5.62. The molecule has 2 aliphatic rings. The molecule has 1 aliphatic carbocycles. The zero-order valence-corrected chi connectivity index (χ0v) is 16.7. The lowest BCUT2D eigenvalue weighted by atomic mass is 9.68. The van der Waals surface area contributed by atoms with Crippen LogP contribution in [0.4, 0.5) is 0 Å². The largest absolute Gasteiger partial charge is 0.496 e. The molecule has 0 saturated carbocycles. The van der Waals surface area contributed by atoms with E-state index in [0.29, 0.717) is 12.3 Å². The molecule has 1 fully saturated rings. The number of carbonyl (C=O) groups excluding carboxylic acids is 1. The first kappa shape index (κ1) is 19.0. The van der Waals surface area contributed by atoms with Crippen LogP contribution in [0.3, 0.4) is 0 Å². The monoisotopic (exact) mass is 357 g/mol. The van der Waals surface area contributed by atoms with E-state index in [1.807, 2.05) is 13.8 Å². The molecule has 0 amide bonds. The molecule has 1 aromatic rings. The third kappa shape index (κ3) is 3.52. The van der Waals surface area contributed by atoms with Crippen LogP contribution >= 0.6 is 0 Å². The molecule has 0 N–H and O–H groups in total. The van der Waals surface area contributed by atoms with E-state index in [4.69, 9.17) is 9.47 Å². The van der Waals surface area contributed by atoms with Crippen LogP contribution in [-0.2, 0) is 14.9 Å². The van der Waals surface area contributed by atoms with Gasteiger partial charge in [-0.25, -0.2) is 0 Å². The summed E-state index contributed by atoms with van der Waals surface area (Å²) in [7, 11) is 3.88. The SMILES string of the molecule is COc1ccc(C23CCC(OC(=O)CC(C)C)=CC2N(C)CC3)cc1C. The molecule has 1 heterocycles. The number of hydrogen-bond acceptors (Lipinski definition) is 4. The molecule has 0 bridgehead atoms. The molecular weight excluding hydrogens is 326 g/mol. The summed E-state index contributed by atoms with van der Waals surface area (Å²) in [4.78, 5) is 14.5. The molecule has 1 aliphatic heterocycles. The van der Waals surface area contributed by atoms with E-state index in [9.17, 15) is 4.79 Å². The number of esters is 1. The predicted octanol–water partition coefficient (Wildman–Crippen LogP) is 4.21. The van der Waals surface area contributed by atoms with Crippen molar-refractivity contribution in [2.75, 3.05) is 20.7 Å². The highest BCUT2D eigenvalue weighted by Gasteiger charge is 2.48. The van der Waals surface area contributed by atoms with Crippen molar-refractivity contribution in [2.24, 2.45) is 5.92 Å². The number of aryl methyl sites for hydroxylation is 1. The molecule has 142 valence electrons. The van der Waals surface area contributed by atoms with Crippen LogP contribution in [0, 0.1) is 12.8 Å². The van der Waals surface area contributed by atoms with Crippen molar-refractivity contribution in [1.82, 2.24) is 4.90 Å². The molecule has 4 heteroatoms. The van der Waals surface area contributed by atoms with E-state index < -0.39 is 0 Å². The summed E-state index contributed by atoms with van der Waals surface area (Å²) in [6, 6.07) is 6.83. The molecule has 0 radical (unpaired) electrons. The smallest absolute Gasteiger partial charge is 0.311 e. The first-order chi connectivity index (χ1) is 12.4. The van der Waals surface area contributed by atoms with Gasteiger partial charge in [0.25, 0.3) is 0 Å². The van der Waals surface area contributed by atoms with Crippen LogP contribution in [0.25, 0.3) is 0 Å².